The van der Waals surface area contributed by atoms with Gasteiger partial charge in [-0.15, -0.1) is 0 Å². The number of hydrogen-bond donors (Lipinski definition) is 3. The topological polar surface area (TPSA) is 146 Å². The molecule has 0 radical (unpaired) electrons. The molecule has 4 aromatic heterocycles. The molecule has 1 amide bonds. The zero-order valence-corrected chi connectivity index (χ0v) is 25.3. The lowest BCUT2D eigenvalue weighted by Gasteiger charge is -2.08. The van der Waals surface area contributed by atoms with Gasteiger partial charge in [0.05, 0.1) is 34.4 Å². The maximum atomic E-state index is 15.3. The third kappa shape index (κ3) is 6.58. The number of aromatic amines is 2. The standard InChI is InChI=1S/C32H29F2N7O3S/c1-3-4-5-28(42)37-22-13-20(16-35-17-22)23-14-24-27(15-25(23)34)40-41-30(24)32-38-26-6-8-36-29(31(26)39-32)19-10-18(11-21(33)12-19)7-9-45(2,43)44/h6,8,10-17H,3-5,7,9H2,1-2H3,(H,37,42)(H,38,39)(H,40,41). The summed E-state index contributed by atoms with van der Waals surface area (Å²) in [4.78, 5) is 28.9. The highest BCUT2D eigenvalue weighted by molar-refractivity contribution is 7.90. The number of H-pyrrole nitrogens is 2. The number of nitrogens with zero attached hydrogens (tertiary/aromatic N) is 4. The zero-order valence-electron chi connectivity index (χ0n) is 24.5. The van der Waals surface area contributed by atoms with Crippen molar-refractivity contribution in [1.82, 2.24) is 30.1 Å². The molecule has 6 aromatic rings. The molecular weight excluding hydrogens is 600 g/mol. The van der Waals surface area contributed by atoms with Crippen LogP contribution in [0.3, 0.4) is 0 Å². The SMILES string of the molecule is CCCCC(=O)Nc1cncc(-c2cc3c(-c4nc5c(-c6cc(F)cc(CCS(C)(=O)=O)c6)nccc5[nH]4)n[nH]c3cc2F)c1. The Morgan fingerprint density at radius 2 is 1.84 bits per heavy atom. The number of anilines is 1. The predicted octanol–water partition coefficient (Wildman–Crippen LogP) is 6.22. The van der Waals surface area contributed by atoms with Crippen molar-refractivity contribution in [3.8, 4) is 33.9 Å². The molecule has 6 rings (SSSR count). The van der Waals surface area contributed by atoms with Crippen LogP contribution in [-0.2, 0) is 21.1 Å². The molecule has 45 heavy (non-hydrogen) atoms. The van der Waals surface area contributed by atoms with E-state index in [0.29, 0.717) is 67.9 Å². The van der Waals surface area contributed by atoms with Crippen molar-refractivity contribution in [3.63, 3.8) is 0 Å². The molecular formula is C32H29F2N7O3S. The summed E-state index contributed by atoms with van der Waals surface area (Å²) < 4.78 is 53.3. The summed E-state index contributed by atoms with van der Waals surface area (Å²) >= 11 is 0. The van der Waals surface area contributed by atoms with Crippen molar-refractivity contribution >= 4 is 43.4 Å². The third-order valence-electron chi connectivity index (χ3n) is 7.36. The number of aryl methyl sites for hydroxylation is 1. The van der Waals surface area contributed by atoms with Gasteiger partial charge in [0, 0.05) is 53.2 Å². The Labute approximate surface area is 257 Å². The highest BCUT2D eigenvalue weighted by Gasteiger charge is 2.19. The molecule has 0 aliphatic carbocycles. The Bertz CT molecular complexity index is 2180. The molecule has 13 heteroatoms. The van der Waals surface area contributed by atoms with Gasteiger partial charge in [0.1, 0.15) is 32.7 Å². The molecule has 3 N–H and O–H groups in total. The van der Waals surface area contributed by atoms with Crippen LogP contribution in [0.2, 0.25) is 0 Å². The lowest BCUT2D eigenvalue weighted by atomic mass is 10.0. The lowest BCUT2D eigenvalue weighted by Crippen LogP contribution is -2.11. The molecule has 0 saturated carbocycles. The number of nitrogens with one attached hydrogen (secondary N) is 3. The average Bonchev–Trinajstić information content (AvgIpc) is 3.61. The Morgan fingerprint density at radius 1 is 1.00 bits per heavy atom. The van der Waals surface area contributed by atoms with Gasteiger partial charge in [0.25, 0.3) is 0 Å². The number of unbranched alkanes of at least 4 members (excludes halogenated alkanes) is 1. The number of amides is 1. The van der Waals surface area contributed by atoms with Gasteiger partial charge in [-0.1, -0.05) is 13.3 Å². The van der Waals surface area contributed by atoms with Gasteiger partial charge in [-0.3, -0.25) is 19.9 Å². The van der Waals surface area contributed by atoms with Crippen LogP contribution in [0.1, 0.15) is 31.7 Å². The maximum Gasteiger partial charge on any atom is 0.224 e. The third-order valence-corrected chi connectivity index (χ3v) is 8.30. The number of rotatable bonds is 10. The number of carbonyl (C=O) groups excluding carboxylic acids is 1. The number of aromatic nitrogens is 6. The number of hydrogen-bond acceptors (Lipinski definition) is 7. The second-order valence-corrected chi connectivity index (χ2v) is 13.2. The van der Waals surface area contributed by atoms with E-state index < -0.39 is 21.5 Å². The van der Waals surface area contributed by atoms with Gasteiger partial charge in [-0.05, 0) is 54.8 Å². The molecule has 0 atom stereocenters. The Hall–Kier alpha value is -5.04. The maximum absolute atomic E-state index is 15.3. The number of pyridine rings is 2. The Morgan fingerprint density at radius 3 is 2.64 bits per heavy atom. The van der Waals surface area contributed by atoms with Gasteiger partial charge in [-0.2, -0.15) is 5.10 Å². The molecule has 230 valence electrons. The fourth-order valence-electron chi connectivity index (χ4n) is 5.15. The minimum Gasteiger partial charge on any atom is -0.336 e. The summed E-state index contributed by atoms with van der Waals surface area (Å²) in [5, 5.41) is 10.7. The van der Waals surface area contributed by atoms with Crippen LogP contribution in [0, 0.1) is 11.6 Å². The number of halogens is 2. The summed E-state index contributed by atoms with van der Waals surface area (Å²) in [7, 11) is -3.23. The van der Waals surface area contributed by atoms with E-state index >= 15 is 4.39 Å². The summed E-state index contributed by atoms with van der Waals surface area (Å²) in [5.74, 6) is -0.874. The van der Waals surface area contributed by atoms with Gasteiger partial charge < -0.3 is 10.3 Å². The summed E-state index contributed by atoms with van der Waals surface area (Å²) in [6.07, 6.45) is 7.95. The Balaban J connectivity index is 1.37. The molecule has 0 bridgehead atoms. The molecule has 0 unspecified atom stereocenters. The van der Waals surface area contributed by atoms with Crippen molar-refractivity contribution < 1.29 is 22.0 Å². The largest absolute Gasteiger partial charge is 0.336 e. The molecule has 2 aromatic carbocycles. The fourth-order valence-corrected chi connectivity index (χ4v) is 5.76. The van der Waals surface area contributed by atoms with E-state index in [1.54, 1.807) is 30.5 Å². The molecule has 0 spiro atoms. The molecule has 0 aliphatic heterocycles. The zero-order chi connectivity index (χ0) is 31.7. The van der Waals surface area contributed by atoms with Gasteiger partial charge >= 0.3 is 0 Å². The predicted molar refractivity (Wildman–Crippen MR) is 169 cm³/mol. The van der Waals surface area contributed by atoms with E-state index in [9.17, 15) is 17.6 Å². The van der Waals surface area contributed by atoms with Gasteiger partial charge in [0.15, 0.2) is 5.82 Å². The summed E-state index contributed by atoms with van der Waals surface area (Å²) in [6, 6.07) is 10.7. The first kappa shape index (κ1) is 30.0. The quantitative estimate of drug-likeness (QED) is 0.163. The van der Waals surface area contributed by atoms with Crippen LogP contribution in [0.5, 0.6) is 0 Å². The van der Waals surface area contributed by atoms with E-state index in [0.717, 1.165) is 19.1 Å². The van der Waals surface area contributed by atoms with Crippen LogP contribution in [-0.4, -0.2) is 56.5 Å². The van der Waals surface area contributed by atoms with E-state index in [2.05, 4.69) is 30.5 Å². The van der Waals surface area contributed by atoms with E-state index in [1.807, 2.05) is 6.92 Å². The molecule has 10 nitrogen and oxygen atoms in total. The first-order valence-electron chi connectivity index (χ1n) is 14.3. The number of carbonyl (C=O) groups is 1. The van der Waals surface area contributed by atoms with Gasteiger partial charge in [0.2, 0.25) is 5.91 Å². The smallest absolute Gasteiger partial charge is 0.224 e. The van der Waals surface area contributed by atoms with Crippen molar-refractivity contribution in [2.24, 2.45) is 0 Å². The number of benzene rings is 2. The normalized spacial score (nSPS) is 11.8. The minimum atomic E-state index is -3.23. The second kappa shape index (κ2) is 12.2. The number of fused-ring (bicyclic) bond motifs is 2. The summed E-state index contributed by atoms with van der Waals surface area (Å²) in [5.41, 5.74) is 4.55. The number of sulfone groups is 1. The first-order chi connectivity index (χ1) is 21.6. The lowest BCUT2D eigenvalue weighted by molar-refractivity contribution is -0.116. The summed E-state index contributed by atoms with van der Waals surface area (Å²) in [6.45, 7) is 2.01. The van der Waals surface area contributed by atoms with Crippen LogP contribution >= 0.6 is 0 Å². The fraction of sp³-hybridized carbons (Fsp3) is 0.219. The van der Waals surface area contributed by atoms with E-state index in [4.69, 9.17) is 4.98 Å². The minimum absolute atomic E-state index is 0.108. The van der Waals surface area contributed by atoms with E-state index in [1.165, 1.54) is 30.6 Å². The van der Waals surface area contributed by atoms with Crippen molar-refractivity contribution in [2.45, 2.75) is 32.6 Å². The van der Waals surface area contributed by atoms with Crippen molar-refractivity contribution in [3.05, 3.63) is 78.3 Å². The highest BCUT2D eigenvalue weighted by Crippen LogP contribution is 2.34. The van der Waals surface area contributed by atoms with Gasteiger partial charge in [-0.25, -0.2) is 22.2 Å². The van der Waals surface area contributed by atoms with Crippen LogP contribution in [0.25, 0.3) is 55.8 Å². The molecule has 4 heterocycles. The monoisotopic (exact) mass is 629 g/mol. The van der Waals surface area contributed by atoms with Crippen LogP contribution < -0.4 is 5.32 Å². The van der Waals surface area contributed by atoms with Crippen molar-refractivity contribution in [1.29, 1.82) is 0 Å². The average molecular weight is 630 g/mol. The Kier molecular flexibility index (Phi) is 8.11. The van der Waals surface area contributed by atoms with Crippen LogP contribution in [0.15, 0.2) is 61.1 Å². The molecule has 0 saturated heterocycles. The number of imidazole rings is 1. The second-order valence-electron chi connectivity index (χ2n) is 10.9. The van der Waals surface area contributed by atoms with Crippen LogP contribution in [0.4, 0.5) is 14.5 Å². The highest BCUT2D eigenvalue weighted by atomic mass is 32.2. The first-order valence-corrected chi connectivity index (χ1v) is 16.4. The molecule has 0 aliphatic rings. The van der Waals surface area contributed by atoms with Crippen molar-refractivity contribution in [2.75, 3.05) is 17.3 Å². The van der Waals surface area contributed by atoms with E-state index in [-0.39, 0.29) is 23.6 Å². The molecule has 0 fully saturated rings.